The minimum absolute atomic E-state index is 0.0918. The molecule has 0 spiro atoms. The molecule has 182 valence electrons. The summed E-state index contributed by atoms with van der Waals surface area (Å²) in [6.45, 7) is 5.35. The second-order valence-corrected chi connectivity index (χ2v) is 9.00. The van der Waals surface area contributed by atoms with Crippen molar-refractivity contribution in [1.29, 1.82) is 0 Å². The third-order valence-corrected chi connectivity index (χ3v) is 4.51. The highest BCUT2D eigenvalue weighted by atomic mass is 19.4. The van der Waals surface area contributed by atoms with Gasteiger partial charge in [-0.15, -0.1) is 0 Å². The van der Waals surface area contributed by atoms with E-state index in [-0.39, 0.29) is 5.56 Å². The number of alkyl carbamates (subject to hydrolysis) is 1. The molecule has 1 aromatic carbocycles. The Balaban J connectivity index is 2.66. The zero-order valence-electron chi connectivity index (χ0n) is 18.6. The number of nitrogens with zero attached hydrogens (tertiary/aromatic N) is 1. The smallest absolute Gasteiger partial charge is 0.424 e. The van der Waals surface area contributed by atoms with Gasteiger partial charge in [0.1, 0.15) is 17.1 Å². The standard InChI is InChI=1S/C22H25F5N2O4/c1-19(2,3)33-18(30)28-11-21(32,22(25,26)27)15-10-14(20(4,5)31)16(24)17(29-15)12-6-8-13(23)9-7-12/h6-10,31-32H,11H2,1-5H3,(H,28,30). The number of pyridine rings is 1. The fourth-order valence-corrected chi connectivity index (χ4v) is 2.84. The summed E-state index contributed by atoms with van der Waals surface area (Å²) in [6, 6.07) is 4.65. The molecular formula is C22H25F5N2O4. The van der Waals surface area contributed by atoms with Crippen LogP contribution in [0.2, 0.25) is 0 Å². The van der Waals surface area contributed by atoms with Gasteiger partial charge in [0.05, 0.1) is 17.8 Å². The van der Waals surface area contributed by atoms with Gasteiger partial charge in [0.15, 0.2) is 5.82 Å². The van der Waals surface area contributed by atoms with Gasteiger partial charge in [0, 0.05) is 11.1 Å². The van der Waals surface area contributed by atoms with Crippen molar-refractivity contribution >= 4 is 6.09 Å². The van der Waals surface area contributed by atoms with Crippen molar-refractivity contribution in [3.63, 3.8) is 0 Å². The molecule has 2 aromatic rings. The molecular weight excluding hydrogens is 451 g/mol. The number of carbonyl (C=O) groups excluding carboxylic acids is 1. The van der Waals surface area contributed by atoms with Crippen molar-refractivity contribution in [3.8, 4) is 11.3 Å². The Labute approximate surface area is 187 Å². The number of nitrogens with one attached hydrogen (secondary N) is 1. The van der Waals surface area contributed by atoms with Gasteiger partial charge in [-0.3, -0.25) is 0 Å². The van der Waals surface area contributed by atoms with Gasteiger partial charge in [0.2, 0.25) is 5.60 Å². The molecule has 0 aliphatic rings. The minimum atomic E-state index is -5.37. The Morgan fingerprint density at radius 1 is 1.03 bits per heavy atom. The number of aromatic nitrogens is 1. The number of amides is 1. The van der Waals surface area contributed by atoms with Crippen molar-refractivity contribution < 1.29 is 41.7 Å². The summed E-state index contributed by atoms with van der Waals surface area (Å²) in [7, 11) is 0. The molecule has 1 heterocycles. The molecule has 33 heavy (non-hydrogen) atoms. The van der Waals surface area contributed by atoms with Gasteiger partial charge < -0.3 is 20.3 Å². The average Bonchev–Trinajstić information content (AvgIpc) is 2.64. The predicted octanol–water partition coefficient (Wildman–Crippen LogP) is 4.53. The Morgan fingerprint density at radius 3 is 2.03 bits per heavy atom. The maximum Gasteiger partial charge on any atom is 0.424 e. The first-order chi connectivity index (χ1) is 14.8. The second-order valence-electron chi connectivity index (χ2n) is 9.00. The number of hydrogen-bond donors (Lipinski definition) is 3. The highest BCUT2D eigenvalue weighted by Crippen LogP contribution is 2.41. The van der Waals surface area contributed by atoms with Gasteiger partial charge in [-0.25, -0.2) is 18.6 Å². The van der Waals surface area contributed by atoms with Crippen LogP contribution >= 0.6 is 0 Å². The fraction of sp³-hybridized carbons (Fsp3) is 0.455. The third kappa shape index (κ3) is 6.17. The first-order valence-corrected chi connectivity index (χ1v) is 9.81. The van der Waals surface area contributed by atoms with Crippen LogP contribution in [-0.4, -0.2) is 39.6 Å². The highest BCUT2D eigenvalue weighted by Gasteiger charge is 2.57. The Morgan fingerprint density at radius 2 is 1.58 bits per heavy atom. The zero-order valence-corrected chi connectivity index (χ0v) is 18.6. The van der Waals surface area contributed by atoms with Crippen LogP contribution in [0.5, 0.6) is 0 Å². The van der Waals surface area contributed by atoms with Crippen LogP contribution in [-0.2, 0) is 15.9 Å². The predicted molar refractivity (Wildman–Crippen MR) is 109 cm³/mol. The van der Waals surface area contributed by atoms with Crippen LogP contribution in [0.1, 0.15) is 45.9 Å². The summed E-state index contributed by atoms with van der Waals surface area (Å²) < 4.78 is 75.4. The number of halogens is 5. The Hall–Kier alpha value is -2.79. The molecule has 0 bridgehead atoms. The first kappa shape index (κ1) is 26.5. The summed E-state index contributed by atoms with van der Waals surface area (Å²) in [5.74, 6) is -1.83. The largest absolute Gasteiger partial charge is 0.444 e. The number of aliphatic hydroxyl groups is 2. The lowest BCUT2D eigenvalue weighted by atomic mass is 9.90. The normalized spacial score (nSPS) is 14.5. The molecule has 3 N–H and O–H groups in total. The lowest BCUT2D eigenvalue weighted by molar-refractivity contribution is -0.265. The van der Waals surface area contributed by atoms with Crippen molar-refractivity contribution in [2.45, 2.75) is 57.6 Å². The van der Waals surface area contributed by atoms with E-state index in [0.29, 0.717) is 6.07 Å². The van der Waals surface area contributed by atoms with E-state index >= 15 is 4.39 Å². The molecule has 0 aliphatic carbocycles. The number of hydrogen-bond acceptors (Lipinski definition) is 5. The van der Waals surface area contributed by atoms with Crippen LogP contribution in [0.25, 0.3) is 11.3 Å². The number of alkyl halides is 3. The van der Waals surface area contributed by atoms with E-state index in [9.17, 15) is 32.6 Å². The molecule has 1 atom stereocenters. The Kier molecular flexibility index (Phi) is 7.11. The molecule has 11 heteroatoms. The molecule has 1 amide bonds. The van der Waals surface area contributed by atoms with Crippen molar-refractivity contribution in [2.75, 3.05) is 6.54 Å². The molecule has 1 unspecified atom stereocenters. The molecule has 6 nitrogen and oxygen atoms in total. The van der Waals surface area contributed by atoms with Gasteiger partial charge >= 0.3 is 12.3 Å². The van der Waals surface area contributed by atoms with E-state index in [2.05, 4.69) is 4.98 Å². The van der Waals surface area contributed by atoms with Crippen molar-refractivity contribution in [2.24, 2.45) is 0 Å². The van der Waals surface area contributed by atoms with Crippen molar-refractivity contribution in [1.82, 2.24) is 10.3 Å². The van der Waals surface area contributed by atoms with Crippen LogP contribution in [0.15, 0.2) is 30.3 Å². The summed E-state index contributed by atoms with van der Waals surface area (Å²) in [4.78, 5) is 15.6. The molecule has 2 rings (SSSR count). The SMILES string of the molecule is CC(C)(C)OC(=O)NCC(O)(c1cc(C(C)(C)O)c(F)c(-c2ccc(F)cc2)n1)C(F)(F)F. The van der Waals surface area contributed by atoms with Crippen LogP contribution in [0.3, 0.4) is 0 Å². The first-order valence-electron chi connectivity index (χ1n) is 9.81. The maximum absolute atomic E-state index is 15.2. The zero-order chi connectivity index (χ0) is 25.4. The lowest BCUT2D eigenvalue weighted by Gasteiger charge is -2.32. The summed E-state index contributed by atoms with van der Waals surface area (Å²) >= 11 is 0. The number of benzene rings is 1. The molecule has 0 saturated heterocycles. The van der Waals surface area contributed by atoms with Gasteiger partial charge in [-0.05, 0) is 65.0 Å². The van der Waals surface area contributed by atoms with Crippen LogP contribution in [0.4, 0.5) is 26.7 Å². The highest BCUT2D eigenvalue weighted by molar-refractivity contribution is 5.68. The second kappa shape index (κ2) is 8.86. The summed E-state index contributed by atoms with van der Waals surface area (Å²) in [5.41, 5.74) is -9.17. The fourth-order valence-electron chi connectivity index (χ4n) is 2.84. The third-order valence-electron chi connectivity index (χ3n) is 4.51. The van der Waals surface area contributed by atoms with E-state index in [0.717, 1.165) is 38.1 Å². The lowest BCUT2D eigenvalue weighted by Crippen LogP contribution is -2.52. The van der Waals surface area contributed by atoms with Gasteiger partial charge in [-0.1, -0.05) is 0 Å². The van der Waals surface area contributed by atoms with E-state index < -0.39 is 64.2 Å². The molecule has 1 aromatic heterocycles. The van der Waals surface area contributed by atoms with E-state index in [4.69, 9.17) is 4.74 Å². The van der Waals surface area contributed by atoms with Gasteiger partial charge in [0.25, 0.3) is 0 Å². The number of ether oxygens (including phenoxy) is 1. The minimum Gasteiger partial charge on any atom is -0.444 e. The van der Waals surface area contributed by atoms with Crippen LogP contribution in [0, 0.1) is 11.6 Å². The van der Waals surface area contributed by atoms with E-state index in [1.807, 2.05) is 5.32 Å². The van der Waals surface area contributed by atoms with Crippen molar-refractivity contribution in [3.05, 3.63) is 53.2 Å². The average molecular weight is 476 g/mol. The molecule has 0 aliphatic heterocycles. The number of carbonyl (C=O) groups is 1. The van der Waals surface area contributed by atoms with Crippen LogP contribution < -0.4 is 5.32 Å². The van der Waals surface area contributed by atoms with E-state index in [1.165, 1.54) is 20.8 Å². The maximum atomic E-state index is 15.2. The summed E-state index contributed by atoms with van der Waals surface area (Å²) in [6.07, 6.45) is -6.60. The van der Waals surface area contributed by atoms with E-state index in [1.54, 1.807) is 0 Å². The summed E-state index contributed by atoms with van der Waals surface area (Å²) in [5, 5.41) is 22.8. The van der Waals surface area contributed by atoms with Gasteiger partial charge in [-0.2, -0.15) is 13.2 Å². The molecule has 0 radical (unpaired) electrons. The topological polar surface area (TPSA) is 91.7 Å². The number of rotatable bonds is 5. The molecule has 0 fully saturated rings. The Bertz CT molecular complexity index is 1010. The monoisotopic (exact) mass is 476 g/mol. The quantitative estimate of drug-likeness (QED) is 0.552. The molecule has 0 saturated carbocycles.